The van der Waals surface area contributed by atoms with Gasteiger partial charge in [0, 0.05) is 11.8 Å². The predicted octanol–water partition coefficient (Wildman–Crippen LogP) is 2.33. The molecule has 3 aliphatic rings. The summed E-state index contributed by atoms with van der Waals surface area (Å²) in [6, 6.07) is 0. The number of esters is 2. The van der Waals surface area contributed by atoms with E-state index in [2.05, 4.69) is 13.8 Å². The molecule has 0 spiro atoms. The number of hydrogen-bond acceptors (Lipinski definition) is 6. The molecule has 3 rings (SSSR count). The summed E-state index contributed by atoms with van der Waals surface area (Å²) in [7, 11) is 1.36. The molecule has 25 heavy (non-hydrogen) atoms. The fourth-order valence-corrected chi connectivity index (χ4v) is 4.99. The van der Waals surface area contributed by atoms with E-state index in [4.69, 9.17) is 18.9 Å². The highest BCUT2D eigenvalue weighted by atomic mass is 16.6. The average Bonchev–Trinajstić information content (AvgIpc) is 3.20. The molecule has 0 amide bonds. The van der Waals surface area contributed by atoms with Crippen LogP contribution in [0.5, 0.6) is 0 Å². The minimum absolute atomic E-state index is 0.0634. The van der Waals surface area contributed by atoms with Gasteiger partial charge in [-0.05, 0) is 33.6 Å². The molecule has 0 aliphatic carbocycles. The minimum Gasteiger partial charge on any atom is -0.469 e. The van der Waals surface area contributed by atoms with E-state index < -0.39 is 23.4 Å². The maximum atomic E-state index is 12.9. The lowest BCUT2D eigenvalue weighted by Gasteiger charge is -2.35. The van der Waals surface area contributed by atoms with Crippen LogP contribution in [-0.4, -0.2) is 49.1 Å². The van der Waals surface area contributed by atoms with Gasteiger partial charge in [0.1, 0.15) is 5.60 Å². The molecule has 0 aromatic heterocycles. The Bertz CT molecular complexity index is 539. The molecule has 3 heterocycles. The molecule has 142 valence electrons. The summed E-state index contributed by atoms with van der Waals surface area (Å²) in [5, 5.41) is 0. The summed E-state index contributed by atoms with van der Waals surface area (Å²) < 4.78 is 23.0. The fraction of sp³-hybridized carbons (Fsp3) is 0.895. The van der Waals surface area contributed by atoms with Gasteiger partial charge in [-0.1, -0.05) is 13.8 Å². The zero-order valence-corrected chi connectivity index (χ0v) is 16.0. The first-order valence-electron chi connectivity index (χ1n) is 9.35. The van der Waals surface area contributed by atoms with E-state index >= 15 is 0 Å². The first-order chi connectivity index (χ1) is 11.7. The van der Waals surface area contributed by atoms with Crippen molar-refractivity contribution in [1.82, 2.24) is 0 Å². The Morgan fingerprint density at radius 1 is 0.880 bits per heavy atom. The van der Waals surface area contributed by atoms with Crippen molar-refractivity contribution < 1.29 is 28.5 Å². The summed E-state index contributed by atoms with van der Waals surface area (Å²) in [6.07, 6.45) is 1.20. The maximum absolute atomic E-state index is 12.9. The quantitative estimate of drug-likeness (QED) is 0.722. The van der Waals surface area contributed by atoms with E-state index in [-0.39, 0.29) is 42.2 Å². The van der Waals surface area contributed by atoms with E-state index in [1.807, 2.05) is 20.8 Å². The molecule has 0 aromatic rings. The second kappa shape index (κ2) is 6.54. The third kappa shape index (κ3) is 2.97. The monoisotopic (exact) mass is 354 g/mol. The highest BCUT2D eigenvalue weighted by Gasteiger charge is 2.70. The number of carbonyl (C=O) groups is 2. The molecule has 8 atom stereocenters. The molecule has 0 aromatic carbocycles. The molecule has 6 heteroatoms. The van der Waals surface area contributed by atoms with E-state index in [1.165, 1.54) is 7.11 Å². The largest absolute Gasteiger partial charge is 0.469 e. The van der Waals surface area contributed by atoms with Gasteiger partial charge in [0.2, 0.25) is 0 Å². The third-order valence-corrected chi connectivity index (χ3v) is 5.78. The molecular weight excluding hydrogens is 324 g/mol. The second-order valence-corrected chi connectivity index (χ2v) is 8.36. The minimum atomic E-state index is -0.619. The predicted molar refractivity (Wildman–Crippen MR) is 89.7 cm³/mol. The first kappa shape index (κ1) is 18.6. The lowest BCUT2D eigenvalue weighted by atomic mass is 9.65. The van der Waals surface area contributed by atoms with Gasteiger partial charge in [-0.15, -0.1) is 0 Å². The van der Waals surface area contributed by atoms with Crippen LogP contribution in [0.2, 0.25) is 0 Å². The number of hydrogen-bond donors (Lipinski definition) is 0. The van der Waals surface area contributed by atoms with Crippen LogP contribution < -0.4 is 0 Å². The summed E-state index contributed by atoms with van der Waals surface area (Å²) in [5.41, 5.74) is -0.610. The average molecular weight is 354 g/mol. The highest BCUT2D eigenvalue weighted by molar-refractivity contribution is 5.84. The van der Waals surface area contributed by atoms with E-state index in [9.17, 15) is 9.59 Å². The van der Waals surface area contributed by atoms with Gasteiger partial charge >= 0.3 is 11.9 Å². The molecular formula is C19H30O6. The molecule has 8 unspecified atom stereocenters. The van der Waals surface area contributed by atoms with Crippen LogP contribution in [0.25, 0.3) is 0 Å². The van der Waals surface area contributed by atoms with Gasteiger partial charge in [-0.3, -0.25) is 9.59 Å². The summed E-state index contributed by atoms with van der Waals surface area (Å²) in [6.45, 7) is 9.66. The van der Waals surface area contributed by atoms with Crippen molar-refractivity contribution in [2.75, 3.05) is 7.11 Å². The summed E-state index contributed by atoms with van der Waals surface area (Å²) in [5.74, 6) is -1.72. The Balaban J connectivity index is 1.93. The number of rotatable bonds is 4. The van der Waals surface area contributed by atoms with Gasteiger partial charge in [-0.2, -0.15) is 0 Å². The van der Waals surface area contributed by atoms with Crippen LogP contribution in [0.15, 0.2) is 0 Å². The fourth-order valence-electron chi connectivity index (χ4n) is 4.99. The normalized spacial score (nSPS) is 42.3. The molecule has 3 aliphatic heterocycles. The zero-order valence-electron chi connectivity index (χ0n) is 16.0. The van der Waals surface area contributed by atoms with Crippen molar-refractivity contribution in [1.29, 1.82) is 0 Å². The molecule has 0 saturated carbocycles. The van der Waals surface area contributed by atoms with E-state index in [0.717, 1.165) is 12.8 Å². The zero-order chi connectivity index (χ0) is 18.5. The van der Waals surface area contributed by atoms with Crippen molar-refractivity contribution >= 4 is 11.9 Å². The van der Waals surface area contributed by atoms with Gasteiger partial charge in [0.05, 0.1) is 43.4 Å². The third-order valence-electron chi connectivity index (χ3n) is 5.78. The second-order valence-electron chi connectivity index (χ2n) is 8.36. The summed E-state index contributed by atoms with van der Waals surface area (Å²) in [4.78, 5) is 25.3. The van der Waals surface area contributed by atoms with Crippen molar-refractivity contribution in [2.24, 2.45) is 23.7 Å². The number of carbonyl (C=O) groups excluding carboxylic acids is 2. The molecule has 6 nitrogen and oxygen atoms in total. The van der Waals surface area contributed by atoms with Crippen LogP contribution in [0, 0.1) is 23.7 Å². The number of methoxy groups -OCH3 is 1. The van der Waals surface area contributed by atoms with Crippen LogP contribution in [0.3, 0.4) is 0 Å². The van der Waals surface area contributed by atoms with Gasteiger partial charge < -0.3 is 18.9 Å². The van der Waals surface area contributed by atoms with Gasteiger partial charge in [0.25, 0.3) is 0 Å². The lowest BCUT2D eigenvalue weighted by Crippen LogP contribution is -2.50. The Morgan fingerprint density at radius 2 is 1.36 bits per heavy atom. The summed E-state index contributed by atoms with van der Waals surface area (Å²) >= 11 is 0. The van der Waals surface area contributed by atoms with E-state index in [1.54, 1.807) is 0 Å². The Morgan fingerprint density at radius 3 is 1.76 bits per heavy atom. The van der Waals surface area contributed by atoms with Crippen LogP contribution in [0.1, 0.15) is 47.5 Å². The maximum Gasteiger partial charge on any atom is 0.313 e. The van der Waals surface area contributed by atoms with Crippen molar-refractivity contribution in [3.8, 4) is 0 Å². The molecule has 3 saturated heterocycles. The Hall–Kier alpha value is -1.14. The molecule has 0 N–H and O–H groups in total. The first-order valence-corrected chi connectivity index (χ1v) is 9.35. The van der Waals surface area contributed by atoms with Crippen molar-refractivity contribution in [3.63, 3.8) is 0 Å². The van der Waals surface area contributed by atoms with Crippen LogP contribution in [0.4, 0.5) is 0 Å². The standard InChI is InChI=1S/C19H30O6/c1-7-9-11-12(10(8-2)23-9)16-14(18(21)25-19(3,4)5)13(15(11)24-16)17(20)22-6/h9-16H,7-8H2,1-6H3. The van der Waals surface area contributed by atoms with Gasteiger partial charge in [-0.25, -0.2) is 0 Å². The lowest BCUT2D eigenvalue weighted by molar-refractivity contribution is -0.169. The molecule has 0 radical (unpaired) electrons. The molecule has 2 bridgehead atoms. The van der Waals surface area contributed by atoms with Gasteiger partial charge in [0.15, 0.2) is 0 Å². The smallest absolute Gasteiger partial charge is 0.313 e. The van der Waals surface area contributed by atoms with Crippen LogP contribution >= 0.6 is 0 Å². The number of fused-ring (bicyclic) bond motifs is 5. The van der Waals surface area contributed by atoms with E-state index in [0.29, 0.717) is 0 Å². The Labute approximate surface area is 149 Å². The van der Waals surface area contributed by atoms with Crippen LogP contribution in [-0.2, 0) is 28.5 Å². The number of ether oxygens (including phenoxy) is 4. The molecule has 3 fully saturated rings. The van der Waals surface area contributed by atoms with Crippen molar-refractivity contribution in [2.45, 2.75) is 77.5 Å². The Kier molecular flexibility index (Phi) is 4.88. The highest BCUT2D eigenvalue weighted by Crippen LogP contribution is 2.58. The van der Waals surface area contributed by atoms with Crippen molar-refractivity contribution in [3.05, 3.63) is 0 Å². The SMILES string of the molecule is CCC1OC(CC)C2C3OC(C(C(=O)OC)C3C(=O)OC(C)(C)C)C12. The topological polar surface area (TPSA) is 71.1 Å².